The molecule has 1 saturated heterocycles. The first-order chi connectivity index (χ1) is 10.0. The summed E-state index contributed by atoms with van der Waals surface area (Å²) in [6.07, 6.45) is 0.830. The SMILES string of the molecule is CCc1nn(CC)c(CN2CC(=O)N(CC)CC2=O)c1Br. The molecule has 0 atom stereocenters. The molecule has 1 fully saturated rings. The van der Waals surface area contributed by atoms with Crippen LogP contribution in [-0.4, -0.2) is 51.0 Å². The number of hydrogen-bond donors (Lipinski definition) is 0. The fourth-order valence-electron chi connectivity index (χ4n) is 2.48. The van der Waals surface area contributed by atoms with Gasteiger partial charge >= 0.3 is 0 Å². The summed E-state index contributed by atoms with van der Waals surface area (Å²) < 4.78 is 2.84. The van der Waals surface area contributed by atoms with E-state index in [0.717, 1.165) is 28.8 Å². The second kappa shape index (κ2) is 6.60. The molecule has 0 bridgehead atoms. The molecule has 21 heavy (non-hydrogen) atoms. The molecule has 7 heteroatoms. The summed E-state index contributed by atoms with van der Waals surface area (Å²) in [5, 5.41) is 4.52. The molecule has 0 N–H and O–H groups in total. The topological polar surface area (TPSA) is 58.4 Å². The van der Waals surface area contributed by atoms with Gasteiger partial charge in [-0.15, -0.1) is 0 Å². The van der Waals surface area contributed by atoms with Crippen molar-refractivity contribution in [1.29, 1.82) is 0 Å². The molecule has 0 saturated carbocycles. The van der Waals surface area contributed by atoms with E-state index in [1.165, 1.54) is 0 Å². The Morgan fingerprint density at radius 2 is 1.67 bits per heavy atom. The molecule has 2 rings (SSSR count). The Morgan fingerprint density at radius 3 is 2.24 bits per heavy atom. The molecule has 1 aliphatic heterocycles. The molecule has 6 nitrogen and oxygen atoms in total. The fourth-order valence-corrected chi connectivity index (χ4v) is 3.17. The number of hydrogen-bond acceptors (Lipinski definition) is 3. The van der Waals surface area contributed by atoms with Gasteiger partial charge in [-0.3, -0.25) is 14.3 Å². The number of amides is 2. The van der Waals surface area contributed by atoms with Crippen LogP contribution in [0.3, 0.4) is 0 Å². The van der Waals surface area contributed by atoms with Crippen molar-refractivity contribution in [3.8, 4) is 0 Å². The quantitative estimate of drug-likeness (QED) is 0.801. The highest BCUT2D eigenvalue weighted by atomic mass is 79.9. The summed E-state index contributed by atoms with van der Waals surface area (Å²) in [5.41, 5.74) is 1.94. The Balaban J connectivity index is 2.20. The van der Waals surface area contributed by atoms with Crippen molar-refractivity contribution < 1.29 is 9.59 Å². The molecule has 0 radical (unpaired) electrons. The van der Waals surface area contributed by atoms with E-state index in [2.05, 4.69) is 21.0 Å². The monoisotopic (exact) mass is 356 g/mol. The number of aryl methyl sites for hydroxylation is 2. The van der Waals surface area contributed by atoms with Crippen LogP contribution in [0.2, 0.25) is 0 Å². The number of nitrogens with zero attached hydrogens (tertiary/aromatic N) is 4. The van der Waals surface area contributed by atoms with Gasteiger partial charge in [-0.05, 0) is 36.2 Å². The van der Waals surface area contributed by atoms with Gasteiger partial charge in [-0.2, -0.15) is 5.10 Å². The number of rotatable bonds is 5. The van der Waals surface area contributed by atoms with Gasteiger partial charge in [0.15, 0.2) is 0 Å². The van der Waals surface area contributed by atoms with Crippen LogP contribution in [0.4, 0.5) is 0 Å². The predicted molar refractivity (Wildman–Crippen MR) is 82.7 cm³/mol. The van der Waals surface area contributed by atoms with Gasteiger partial charge in [-0.25, -0.2) is 0 Å². The number of carbonyl (C=O) groups excluding carboxylic acids is 2. The van der Waals surface area contributed by atoms with Gasteiger partial charge in [0, 0.05) is 13.1 Å². The van der Waals surface area contributed by atoms with Gasteiger partial charge in [0.05, 0.1) is 29.0 Å². The molecule has 1 aromatic rings. The van der Waals surface area contributed by atoms with Crippen LogP contribution in [0.5, 0.6) is 0 Å². The van der Waals surface area contributed by atoms with Crippen molar-refractivity contribution in [3.63, 3.8) is 0 Å². The van der Waals surface area contributed by atoms with E-state index < -0.39 is 0 Å². The van der Waals surface area contributed by atoms with E-state index in [0.29, 0.717) is 13.1 Å². The van der Waals surface area contributed by atoms with E-state index in [1.807, 2.05) is 25.5 Å². The van der Waals surface area contributed by atoms with Crippen LogP contribution >= 0.6 is 15.9 Å². The molecular formula is C14H21BrN4O2. The van der Waals surface area contributed by atoms with Crippen LogP contribution in [0.15, 0.2) is 4.47 Å². The lowest BCUT2D eigenvalue weighted by Crippen LogP contribution is -2.53. The molecule has 2 amide bonds. The van der Waals surface area contributed by atoms with Gasteiger partial charge in [-0.1, -0.05) is 6.92 Å². The third kappa shape index (κ3) is 3.12. The Morgan fingerprint density at radius 1 is 1.05 bits per heavy atom. The summed E-state index contributed by atoms with van der Waals surface area (Å²) in [6.45, 7) is 8.01. The first-order valence-electron chi connectivity index (χ1n) is 7.31. The third-order valence-corrected chi connectivity index (χ3v) is 4.69. The Labute approximate surface area is 133 Å². The van der Waals surface area contributed by atoms with Crippen molar-refractivity contribution in [2.24, 2.45) is 0 Å². The fraction of sp³-hybridized carbons (Fsp3) is 0.643. The number of aromatic nitrogens is 2. The molecule has 0 aliphatic carbocycles. The summed E-state index contributed by atoms with van der Waals surface area (Å²) in [5.74, 6) is -0.00301. The minimum atomic E-state index is -0.00903. The average Bonchev–Trinajstić information content (AvgIpc) is 2.78. The number of likely N-dealkylation sites (N-methyl/N-ethyl adjacent to an activating group) is 1. The van der Waals surface area contributed by atoms with E-state index in [-0.39, 0.29) is 24.9 Å². The maximum absolute atomic E-state index is 12.2. The van der Waals surface area contributed by atoms with Crippen molar-refractivity contribution in [2.75, 3.05) is 19.6 Å². The van der Waals surface area contributed by atoms with E-state index in [1.54, 1.807) is 9.80 Å². The standard InChI is InChI=1S/C14H21BrN4O2/c1-4-10-14(15)11(19(6-3)16-10)7-18-9-12(20)17(5-2)8-13(18)21/h4-9H2,1-3H3. The second-order valence-corrected chi connectivity index (χ2v) is 5.83. The lowest BCUT2D eigenvalue weighted by Gasteiger charge is -2.33. The maximum atomic E-state index is 12.2. The smallest absolute Gasteiger partial charge is 0.243 e. The summed E-state index contributed by atoms with van der Waals surface area (Å²) >= 11 is 3.57. The molecule has 0 spiro atoms. The summed E-state index contributed by atoms with van der Waals surface area (Å²) in [4.78, 5) is 27.4. The van der Waals surface area contributed by atoms with Crippen LogP contribution in [0.1, 0.15) is 32.2 Å². The van der Waals surface area contributed by atoms with Gasteiger partial charge in [0.2, 0.25) is 11.8 Å². The molecule has 1 aromatic heterocycles. The minimum Gasteiger partial charge on any atom is -0.332 e. The lowest BCUT2D eigenvalue weighted by molar-refractivity contribution is -0.150. The number of carbonyl (C=O) groups is 2. The van der Waals surface area contributed by atoms with Crippen molar-refractivity contribution in [1.82, 2.24) is 19.6 Å². The van der Waals surface area contributed by atoms with Crippen LogP contribution in [0, 0.1) is 0 Å². The third-order valence-electron chi connectivity index (χ3n) is 3.77. The van der Waals surface area contributed by atoms with Crippen LogP contribution < -0.4 is 0 Å². The van der Waals surface area contributed by atoms with Crippen LogP contribution in [0.25, 0.3) is 0 Å². The van der Waals surface area contributed by atoms with E-state index in [9.17, 15) is 9.59 Å². The highest BCUT2D eigenvalue weighted by Crippen LogP contribution is 2.24. The van der Waals surface area contributed by atoms with Gasteiger partial charge < -0.3 is 9.80 Å². The number of halogens is 1. The Kier molecular flexibility index (Phi) is 5.03. The van der Waals surface area contributed by atoms with Crippen molar-refractivity contribution >= 4 is 27.7 Å². The molecule has 2 heterocycles. The minimum absolute atomic E-state index is 0.00602. The first kappa shape index (κ1) is 16.0. The molecule has 0 unspecified atom stereocenters. The molecule has 1 aliphatic rings. The second-order valence-electron chi connectivity index (χ2n) is 5.03. The zero-order valence-electron chi connectivity index (χ0n) is 12.7. The highest BCUT2D eigenvalue weighted by molar-refractivity contribution is 9.10. The summed E-state index contributed by atoms with van der Waals surface area (Å²) in [7, 11) is 0. The molecular weight excluding hydrogens is 336 g/mol. The predicted octanol–water partition coefficient (Wildman–Crippen LogP) is 1.42. The van der Waals surface area contributed by atoms with Gasteiger partial charge in [0.1, 0.15) is 6.54 Å². The normalized spacial score (nSPS) is 16.0. The van der Waals surface area contributed by atoms with Crippen molar-refractivity contribution in [2.45, 2.75) is 40.3 Å². The van der Waals surface area contributed by atoms with Crippen molar-refractivity contribution in [3.05, 3.63) is 15.9 Å². The maximum Gasteiger partial charge on any atom is 0.243 e. The first-order valence-corrected chi connectivity index (χ1v) is 8.10. The van der Waals surface area contributed by atoms with E-state index in [4.69, 9.17) is 0 Å². The Hall–Kier alpha value is -1.37. The Bertz CT molecular complexity index is 555. The van der Waals surface area contributed by atoms with E-state index >= 15 is 0 Å². The van der Waals surface area contributed by atoms with Crippen LogP contribution in [-0.2, 0) is 29.1 Å². The summed E-state index contributed by atoms with van der Waals surface area (Å²) in [6, 6.07) is 0. The highest BCUT2D eigenvalue weighted by Gasteiger charge is 2.30. The number of piperazine rings is 1. The lowest BCUT2D eigenvalue weighted by atomic mass is 10.2. The zero-order valence-corrected chi connectivity index (χ0v) is 14.3. The zero-order chi connectivity index (χ0) is 15.6. The molecule has 0 aromatic carbocycles. The largest absolute Gasteiger partial charge is 0.332 e. The average molecular weight is 357 g/mol. The van der Waals surface area contributed by atoms with Gasteiger partial charge in [0.25, 0.3) is 0 Å². The molecule has 116 valence electrons.